The molecule has 8 heteroatoms. The monoisotopic (exact) mass is 415 g/mol. The van der Waals surface area contributed by atoms with Gasteiger partial charge in [-0.2, -0.15) is 0 Å². The summed E-state index contributed by atoms with van der Waals surface area (Å²) in [4.78, 5) is 17.6. The lowest BCUT2D eigenvalue weighted by Crippen LogP contribution is -2.34. The molecular weight excluding hydrogens is 390 g/mol. The molecule has 0 fully saturated rings. The molecule has 0 aliphatic carbocycles. The van der Waals surface area contributed by atoms with Crippen molar-refractivity contribution in [1.82, 2.24) is 4.72 Å². The first-order chi connectivity index (χ1) is 13.9. The van der Waals surface area contributed by atoms with Crippen LogP contribution < -0.4 is 14.8 Å². The number of hydrogen-bond donors (Lipinski definition) is 2. The molecule has 2 aromatic rings. The third-order valence-corrected chi connectivity index (χ3v) is 6.21. The Labute approximate surface area is 171 Å². The fraction of sp³-hybridized carbons (Fsp3) is 0.333. The maximum absolute atomic E-state index is 13.0. The number of amides is 1. The minimum absolute atomic E-state index is 0.0811. The smallest absolute Gasteiger partial charge is 0.263 e. The van der Waals surface area contributed by atoms with Crippen molar-refractivity contribution < 1.29 is 17.9 Å². The molecule has 0 unspecified atom stereocenters. The van der Waals surface area contributed by atoms with Crippen LogP contribution in [0, 0.1) is 5.92 Å². The van der Waals surface area contributed by atoms with Crippen LogP contribution in [0.4, 0.5) is 5.69 Å². The number of hydrogen-bond acceptors (Lipinski definition) is 5. The molecule has 29 heavy (non-hydrogen) atoms. The Kier molecular flexibility index (Phi) is 6.22. The van der Waals surface area contributed by atoms with E-state index in [9.17, 15) is 13.2 Å². The summed E-state index contributed by atoms with van der Waals surface area (Å²) in [6, 6.07) is 13.0. The van der Waals surface area contributed by atoms with Crippen molar-refractivity contribution in [2.75, 3.05) is 11.9 Å². The highest BCUT2D eigenvalue weighted by Gasteiger charge is 2.33. The normalized spacial score (nSPS) is 17.8. The van der Waals surface area contributed by atoms with E-state index in [0.29, 0.717) is 24.3 Å². The Morgan fingerprint density at radius 1 is 1.14 bits per heavy atom. The van der Waals surface area contributed by atoms with Gasteiger partial charge in [0.25, 0.3) is 10.0 Å². The fourth-order valence-electron chi connectivity index (χ4n) is 3.05. The summed E-state index contributed by atoms with van der Waals surface area (Å²) in [5.74, 6) is 0.552. The van der Waals surface area contributed by atoms with Crippen LogP contribution in [-0.4, -0.2) is 32.8 Å². The number of amidine groups is 1. The summed E-state index contributed by atoms with van der Waals surface area (Å²) in [5.41, 5.74) is 1.11. The van der Waals surface area contributed by atoms with E-state index in [1.165, 1.54) is 6.07 Å². The lowest BCUT2D eigenvalue weighted by Gasteiger charge is -2.19. The van der Waals surface area contributed by atoms with Crippen molar-refractivity contribution in [2.45, 2.75) is 38.1 Å². The Balaban J connectivity index is 1.87. The molecule has 0 bridgehead atoms. The lowest BCUT2D eigenvalue weighted by molar-refractivity contribution is -0.118. The SMILES string of the molecule is CCOc1ccc(NC(=O)[C@@H](N=C2NS(=O)(=O)c3ccccc32)[C@@H](C)CC)cc1. The summed E-state index contributed by atoms with van der Waals surface area (Å²) in [5, 5.41) is 2.87. The molecule has 1 amide bonds. The van der Waals surface area contributed by atoms with Gasteiger partial charge in [-0.25, -0.2) is 8.42 Å². The van der Waals surface area contributed by atoms with Gasteiger partial charge in [-0.3, -0.25) is 14.5 Å². The van der Waals surface area contributed by atoms with Crippen LogP contribution in [0.2, 0.25) is 0 Å². The molecule has 1 aliphatic rings. The third-order valence-electron chi connectivity index (χ3n) is 4.82. The quantitative estimate of drug-likeness (QED) is 0.726. The van der Waals surface area contributed by atoms with Crippen molar-refractivity contribution >= 4 is 27.5 Å². The van der Waals surface area contributed by atoms with Crippen molar-refractivity contribution in [3.8, 4) is 5.75 Å². The molecule has 2 atom stereocenters. The number of benzene rings is 2. The van der Waals surface area contributed by atoms with Crippen molar-refractivity contribution in [1.29, 1.82) is 0 Å². The highest BCUT2D eigenvalue weighted by Crippen LogP contribution is 2.24. The first kappa shape index (κ1) is 20.9. The standard InChI is InChI=1S/C21H25N3O4S/c1-4-14(3)19(21(25)22-15-10-12-16(13-11-15)28-5-2)23-20-17-8-6-7-9-18(17)29(26,27)24-20/h6-14,19H,4-5H2,1-3H3,(H,22,25)(H,23,24)/t14-,19-/m0/s1. The maximum Gasteiger partial charge on any atom is 0.263 e. The molecule has 1 heterocycles. The summed E-state index contributed by atoms with van der Waals surface area (Å²) in [7, 11) is -3.65. The molecule has 0 saturated carbocycles. The van der Waals surface area contributed by atoms with Crippen LogP contribution in [0.1, 0.15) is 32.8 Å². The van der Waals surface area contributed by atoms with E-state index in [4.69, 9.17) is 4.74 Å². The molecule has 0 spiro atoms. The zero-order valence-corrected chi connectivity index (χ0v) is 17.5. The second kappa shape index (κ2) is 8.65. The van der Waals surface area contributed by atoms with Gasteiger partial charge in [0, 0.05) is 11.3 Å². The molecule has 7 nitrogen and oxygen atoms in total. The Bertz CT molecular complexity index is 1020. The topological polar surface area (TPSA) is 96.9 Å². The van der Waals surface area contributed by atoms with Gasteiger partial charge in [-0.05, 0) is 49.2 Å². The highest BCUT2D eigenvalue weighted by atomic mass is 32.2. The van der Waals surface area contributed by atoms with Crippen molar-refractivity contribution in [3.63, 3.8) is 0 Å². The lowest BCUT2D eigenvalue weighted by atomic mass is 9.98. The number of aliphatic imine (C=N–C) groups is 1. The molecule has 1 aliphatic heterocycles. The van der Waals surface area contributed by atoms with E-state index < -0.39 is 16.1 Å². The molecule has 0 aromatic heterocycles. The number of carbonyl (C=O) groups is 1. The number of carbonyl (C=O) groups excluding carboxylic acids is 1. The van der Waals surface area contributed by atoms with E-state index in [1.807, 2.05) is 20.8 Å². The number of sulfonamides is 1. The average Bonchev–Trinajstić information content (AvgIpc) is 2.97. The average molecular weight is 416 g/mol. The fourth-order valence-corrected chi connectivity index (χ4v) is 4.29. The first-order valence-corrected chi connectivity index (χ1v) is 11.1. The number of rotatable bonds is 7. The predicted octanol–water partition coefficient (Wildman–Crippen LogP) is 3.18. The third kappa shape index (κ3) is 4.59. The van der Waals surface area contributed by atoms with Gasteiger partial charge in [-0.1, -0.05) is 32.4 Å². The number of nitrogens with one attached hydrogen (secondary N) is 2. The number of fused-ring (bicyclic) bond motifs is 1. The van der Waals surface area contributed by atoms with Gasteiger partial charge < -0.3 is 10.1 Å². The molecule has 0 saturated heterocycles. The van der Waals surface area contributed by atoms with Gasteiger partial charge in [0.05, 0.1) is 11.5 Å². The van der Waals surface area contributed by atoms with Crippen LogP contribution in [-0.2, 0) is 14.8 Å². The van der Waals surface area contributed by atoms with E-state index >= 15 is 0 Å². The summed E-state index contributed by atoms with van der Waals surface area (Å²) in [6.07, 6.45) is 0.715. The van der Waals surface area contributed by atoms with Gasteiger partial charge in [0.2, 0.25) is 5.91 Å². The predicted molar refractivity (Wildman–Crippen MR) is 113 cm³/mol. The molecule has 2 N–H and O–H groups in total. The highest BCUT2D eigenvalue weighted by molar-refractivity contribution is 7.90. The van der Waals surface area contributed by atoms with Crippen LogP contribution >= 0.6 is 0 Å². The van der Waals surface area contributed by atoms with Gasteiger partial charge in [-0.15, -0.1) is 0 Å². The van der Waals surface area contributed by atoms with E-state index in [2.05, 4.69) is 15.0 Å². The maximum atomic E-state index is 13.0. The molecule has 2 aromatic carbocycles. The van der Waals surface area contributed by atoms with Crippen LogP contribution in [0.3, 0.4) is 0 Å². The minimum Gasteiger partial charge on any atom is -0.494 e. The van der Waals surface area contributed by atoms with E-state index in [0.717, 1.165) is 5.75 Å². The first-order valence-electron chi connectivity index (χ1n) is 9.59. The molecular formula is C21H25N3O4S. The van der Waals surface area contributed by atoms with Gasteiger partial charge in [0.1, 0.15) is 17.6 Å². The summed E-state index contributed by atoms with van der Waals surface area (Å²) < 4.78 is 32.5. The zero-order valence-electron chi connectivity index (χ0n) is 16.7. The molecule has 3 rings (SSSR count). The zero-order chi connectivity index (χ0) is 21.0. The second-order valence-corrected chi connectivity index (χ2v) is 8.51. The van der Waals surface area contributed by atoms with E-state index in [-0.39, 0.29) is 22.6 Å². The Hall–Kier alpha value is -2.87. The van der Waals surface area contributed by atoms with Gasteiger partial charge in [0.15, 0.2) is 0 Å². The van der Waals surface area contributed by atoms with Gasteiger partial charge >= 0.3 is 0 Å². The molecule has 154 valence electrons. The number of nitrogens with zero attached hydrogens (tertiary/aromatic N) is 1. The van der Waals surface area contributed by atoms with Crippen molar-refractivity contribution in [2.24, 2.45) is 10.9 Å². The largest absolute Gasteiger partial charge is 0.494 e. The van der Waals surface area contributed by atoms with Crippen LogP contribution in [0.15, 0.2) is 58.4 Å². The van der Waals surface area contributed by atoms with Crippen molar-refractivity contribution in [3.05, 3.63) is 54.1 Å². The minimum atomic E-state index is -3.65. The molecule has 0 radical (unpaired) electrons. The van der Waals surface area contributed by atoms with Crippen LogP contribution in [0.25, 0.3) is 0 Å². The van der Waals surface area contributed by atoms with Crippen LogP contribution in [0.5, 0.6) is 5.75 Å². The Morgan fingerprint density at radius 2 is 1.83 bits per heavy atom. The van der Waals surface area contributed by atoms with E-state index in [1.54, 1.807) is 42.5 Å². The summed E-state index contributed by atoms with van der Waals surface area (Å²) in [6.45, 7) is 6.36. The number of anilines is 1. The number of ether oxygens (including phenoxy) is 1. The summed E-state index contributed by atoms with van der Waals surface area (Å²) >= 11 is 0. The second-order valence-electron chi connectivity index (χ2n) is 6.86. The Morgan fingerprint density at radius 3 is 2.48 bits per heavy atom.